The molecule has 2 N–H and O–H groups in total. The van der Waals surface area contributed by atoms with Crippen molar-refractivity contribution in [2.45, 2.75) is 24.7 Å². The van der Waals surface area contributed by atoms with Crippen LogP contribution in [0.25, 0.3) is 0 Å². The fourth-order valence-corrected chi connectivity index (χ4v) is 2.97. The summed E-state index contributed by atoms with van der Waals surface area (Å²) in [7, 11) is -3.73. The summed E-state index contributed by atoms with van der Waals surface area (Å²) in [5.41, 5.74) is 0. The van der Waals surface area contributed by atoms with Crippen LogP contribution < -0.4 is 4.72 Å². The standard InChI is InChI=1S/C12H16ClNO4S/c1-2-4-9(12(15)16)8-14-19(17,18)11-6-3-5-10(13)7-11/h3,5-7,9,14H,2,4,8H2,1H3,(H,15,16). The smallest absolute Gasteiger partial charge is 0.307 e. The Bertz CT molecular complexity index is 544. The average molecular weight is 306 g/mol. The highest BCUT2D eigenvalue weighted by atomic mass is 35.5. The summed E-state index contributed by atoms with van der Waals surface area (Å²) < 4.78 is 26.2. The number of benzene rings is 1. The Morgan fingerprint density at radius 3 is 2.68 bits per heavy atom. The van der Waals surface area contributed by atoms with Crippen molar-refractivity contribution in [2.75, 3.05) is 6.54 Å². The van der Waals surface area contributed by atoms with Crippen molar-refractivity contribution >= 4 is 27.6 Å². The molecule has 106 valence electrons. The molecule has 5 nitrogen and oxygen atoms in total. The Morgan fingerprint density at radius 1 is 1.47 bits per heavy atom. The maximum atomic E-state index is 12.0. The minimum absolute atomic E-state index is 0.0284. The number of sulfonamides is 1. The molecule has 0 aliphatic heterocycles. The topological polar surface area (TPSA) is 83.5 Å². The summed E-state index contributed by atoms with van der Waals surface area (Å²) in [6.45, 7) is 1.72. The molecule has 0 amide bonds. The van der Waals surface area contributed by atoms with E-state index in [4.69, 9.17) is 16.7 Å². The highest BCUT2D eigenvalue weighted by Gasteiger charge is 2.21. The molecule has 0 saturated heterocycles. The van der Waals surface area contributed by atoms with Crippen LogP contribution in [0.5, 0.6) is 0 Å². The fraction of sp³-hybridized carbons (Fsp3) is 0.417. The van der Waals surface area contributed by atoms with Gasteiger partial charge in [0.05, 0.1) is 10.8 Å². The summed E-state index contributed by atoms with van der Waals surface area (Å²) in [5, 5.41) is 9.27. The average Bonchev–Trinajstić information content (AvgIpc) is 2.34. The molecule has 0 aliphatic rings. The van der Waals surface area contributed by atoms with Gasteiger partial charge in [0, 0.05) is 11.6 Å². The summed E-state index contributed by atoms with van der Waals surface area (Å²) in [6, 6.07) is 5.82. The molecule has 1 aromatic rings. The van der Waals surface area contributed by atoms with Crippen molar-refractivity contribution in [1.82, 2.24) is 4.72 Å². The lowest BCUT2D eigenvalue weighted by Gasteiger charge is -2.12. The van der Waals surface area contributed by atoms with Crippen LogP contribution >= 0.6 is 11.6 Å². The van der Waals surface area contributed by atoms with Gasteiger partial charge in [-0.15, -0.1) is 0 Å². The first kappa shape index (κ1) is 15.9. The number of carboxylic acids is 1. The van der Waals surface area contributed by atoms with Gasteiger partial charge in [0.2, 0.25) is 10.0 Å². The maximum Gasteiger partial charge on any atom is 0.307 e. The summed E-state index contributed by atoms with van der Waals surface area (Å²) in [5.74, 6) is -1.73. The van der Waals surface area contributed by atoms with Crippen LogP contribution in [0.1, 0.15) is 19.8 Å². The van der Waals surface area contributed by atoms with Gasteiger partial charge >= 0.3 is 5.97 Å². The number of rotatable bonds is 7. The van der Waals surface area contributed by atoms with Crippen LogP contribution in [-0.4, -0.2) is 26.0 Å². The number of carboxylic acid groups (broad SMARTS) is 1. The second-order valence-corrected chi connectivity index (χ2v) is 6.34. The molecule has 0 saturated carbocycles. The SMILES string of the molecule is CCCC(CNS(=O)(=O)c1cccc(Cl)c1)C(=O)O. The van der Waals surface area contributed by atoms with E-state index >= 15 is 0 Å². The van der Waals surface area contributed by atoms with Gasteiger partial charge in [-0.25, -0.2) is 13.1 Å². The maximum absolute atomic E-state index is 12.0. The second kappa shape index (κ2) is 6.88. The first-order valence-electron chi connectivity index (χ1n) is 5.85. The Hall–Kier alpha value is -1.11. The van der Waals surface area contributed by atoms with E-state index in [0.717, 1.165) is 0 Å². The van der Waals surface area contributed by atoms with Gasteiger partial charge in [-0.2, -0.15) is 0 Å². The number of hydrogen-bond acceptors (Lipinski definition) is 3. The zero-order valence-corrected chi connectivity index (χ0v) is 12.0. The lowest BCUT2D eigenvalue weighted by Crippen LogP contribution is -2.32. The van der Waals surface area contributed by atoms with Gasteiger partial charge < -0.3 is 5.11 Å². The highest BCUT2D eigenvalue weighted by Crippen LogP contribution is 2.15. The summed E-state index contributed by atoms with van der Waals surface area (Å²) in [6.07, 6.45) is 1.10. The number of carbonyl (C=O) groups is 1. The van der Waals surface area contributed by atoms with Crippen molar-refractivity contribution in [1.29, 1.82) is 0 Å². The molecule has 0 heterocycles. The molecular formula is C12H16ClNO4S. The van der Waals surface area contributed by atoms with Crippen molar-refractivity contribution in [2.24, 2.45) is 5.92 Å². The molecule has 1 aromatic carbocycles. The monoisotopic (exact) mass is 305 g/mol. The molecular weight excluding hydrogens is 290 g/mol. The predicted octanol–water partition coefficient (Wildman–Crippen LogP) is 2.12. The van der Waals surface area contributed by atoms with Crippen molar-refractivity contribution in [3.05, 3.63) is 29.3 Å². The molecule has 0 spiro atoms. The van der Waals surface area contributed by atoms with E-state index in [1.54, 1.807) is 6.07 Å². The molecule has 0 radical (unpaired) electrons. The largest absolute Gasteiger partial charge is 0.481 e. The first-order chi connectivity index (χ1) is 8.86. The second-order valence-electron chi connectivity index (χ2n) is 4.13. The van der Waals surface area contributed by atoms with Crippen LogP contribution in [0, 0.1) is 5.92 Å². The van der Waals surface area contributed by atoms with Gasteiger partial charge in [0.15, 0.2) is 0 Å². The number of nitrogens with one attached hydrogen (secondary N) is 1. The van der Waals surface area contributed by atoms with Crippen molar-refractivity contribution < 1.29 is 18.3 Å². The highest BCUT2D eigenvalue weighted by molar-refractivity contribution is 7.89. The Labute approximate surface area is 117 Å². The van der Waals surface area contributed by atoms with E-state index in [0.29, 0.717) is 17.9 Å². The fourth-order valence-electron chi connectivity index (χ4n) is 1.59. The van der Waals surface area contributed by atoms with E-state index < -0.39 is 21.9 Å². The third-order valence-electron chi connectivity index (χ3n) is 2.61. The molecule has 1 atom stereocenters. The van der Waals surface area contributed by atoms with Crippen LogP contribution in [-0.2, 0) is 14.8 Å². The van der Waals surface area contributed by atoms with E-state index in [-0.39, 0.29) is 11.4 Å². The summed E-state index contributed by atoms with van der Waals surface area (Å²) in [4.78, 5) is 11.0. The van der Waals surface area contributed by atoms with Crippen molar-refractivity contribution in [3.63, 3.8) is 0 Å². The number of hydrogen-bond donors (Lipinski definition) is 2. The Morgan fingerprint density at radius 2 is 2.16 bits per heavy atom. The molecule has 0 bridgehead atoms. The van der Waals surface area contributed by atoms with E-state index in [1.807, 2.05) is 6.92 Å². The van der Waals surface area contributed by atoms with Crippen LogP contribution in [0.4, 0.5) is 0 Å². The van der Waals surface area contributed by atoms with Crippen LogP contribution in [0.15, 0.2) is 29.2 Å². The van der Waals surface area contributed by atoms with Gasteiger partial charge in [-0.05, 0) is 24.6 Å². The molecule has 0 fully saturated rings. The molecule has 1 unspecified atom stereocenters. The quantitative estimate of drug-likeness (QED) is 0.808. The third-order valence-corrected chi connectivity index (χ3v) is 4.27. The minimum atomic E-state index is -3.73. The number of halogens is 1. The lowest BCUT2D eigenvalue weighted by atomic mass is 10.1. The predicted molar refractivity (Wildman–Crippen MR) is 72.7 cm³/mol. The van der Waals surface area contributed by atoms with Gasteiger partial charge in [0.1, 0.15) is 0 Å². The van der Waals surface area contributed by atoms with Crippen LogP contribution in [0.3, 0.4) is 0 Å². The minimum Gasteiger partial charge on any atom is -0.481 e. The van der Waals surface area contributed by atoms with Gasteiger partial charge in [-0.1, -0.05) is 31.0 Å². The Balaban J connectivity index is 2.77. The van der Waals surface area contributed by atoms with Gasteiger partial charge in [0.25, 0.3) is 0 Å². The molecule has 0 aromatic heterocycles. The zero-order valence-electron chi connectivity index (χ0n) is 10.5. The van der Waals surface area contributed by atoms with Gasteiger partial charge in [-0.3, -0.25) is 4.79 Å². The zero-order chi connectivity index (χ0) is 14.5. The van der Waals surface area contributed by atoms with E-state index in [1.165, 1.54) is 18.2 Å². The van der Waals surface area contributed by atoms with Crippen LogP contribution in [0.2, 0.25) is 5.02 Å². The molecule has 19 heavy (non-hydrogen) atoms. The third kappa shape index (κ3) is 4.81. The van der Waals surface area contributed by atoms with Crippen molar-refractivity contribution in [3.8, 4) is 0 Å². The molecule has 7 heteroatoms. The Kier molecular flexibility index (Phi) is 5.78. The number of aliphatic carboxylic acids is 1. The first-order valence-corrected chi connectivity index (χ1v) is 7.71. The molecule has 1 rings (SSSR count). The molecule has 0 aliphatic carbocycles. The van der Waals surface area contributed by atoms with E-state index in [9.17, 15) is 13.2 Å². The van der Waals surface area contributed by atoms with E-state index in [2.05, 4.69) is 4.72 Å². The summed E-state index contributed by atoms with van der Waals surface area (Å²) >= 11 is 5.73. The normalized spacial score (nSPS) is 13.2. The lowest BCUT2D eigenvalue weighted by molar-refractivity contribution is -0.141.